The number of nitrogens with zero attached hydrogens (tertiary/aromatic N) is 2. The third-order valence-corrected chi connectivity index (χ3v) is 3.80. The Labute approximate surface area is 166 Å². The van der Waals surface area contributed by atoms with Crippen molar-refractivity contribution in [2.45, 2.75) is 33.8 Å². The fraction of sp³-hybridized carbons (Fsp3) is 0.273. The van der Waals surface area contributed by atoms with Gasteiger partial charge in [-0.3, -0.25) is 0 Å². The lowest BCUT2D eigenvalue weighted by molar-refractivity contribution is 0.244. The van der Waals surface area contributed by atoms with Crippen molar-refractivity contribution in [3.8, 4) is 11.5 Å². The largest absolute Gasteiger partial charge is 0.492 e. The summed E-state index contributed by atoms with van der Waals surface area (Å²) in [5.74, 6) is 2.73. The summed E-state index contributed by atoms with van der Waals surface area (Å²) in [6, 6.07) is 17.4. The molecular weight excluding hydrogens is 352 g/mol. The first-order valence-electron chi connectivity index (χ1n) is 9.42. The van der Waals surface area contributed by atoms with Crippen LogP contribution in [0.25, 0.3) is 0 Å². The molecule has 2 N–H and O–H groups in total. The van der Waals surface area contributed by atoms with Gasteiger partial charge in [-0.05, 0) is 52.0 Å². The molecule has 0 saturated heterocycles. The van der Waals surface area contributed by atoms with Gasteiger partial charge in [0.1, 0.15) is 17.3 Å². The lowest BCUT2D eigenvalue weighted by Crippen LogP contribution is -2.08. The Balaban J connectivity index is 1.85. The standard InChI is InChI=1S/C22H26N4O2/c1-5-27-19-12-8-6-10-17(19)24-21-14-16(4)23-22(26-21)25-18-11-7-9-13-20(18)28-15(2)3/h6-15H,5H2,1-4H3,(H2,23,24,25,26). The maximum absolute atomic E-state index is 5.87. The van der Waals surface area contributed by atoms with Gasteiger partial charge in [0.25, 0.3) is 0 Å². The molecule has 6 nitrogen and oxygen atoms in total. The van der Waals surface area contributed by atoms with E-state index in [0.717, 1.165) is 28.6 Å². The van der Waals surface area contributed by atoms with E-state index in [4.69, 9.17) is 9.47 Å². The highest BCUT2D eigenvalue weighted by Gasteiger charge is 2.10. The lowest BCUT2D eigenvalue weighted by atomic mass is 10.3. The third kappa shape index (κ3) is 5.13. The lowest BCUT2D eigenvalue weighted by Gasteiger charge is -2.16. The van der Waals surface area contributed by atoms with Crippen LogP contribution in [0, 0.1) is 6.92 Å². The van der Waals surface area contributed by atoms with Crippen molar-refractivity contribution >= 4 is 23.1 Å². The molecule has 0 spiro atoms. The van der Waals surface area contributed by atoms with Crippen LogP contribution in [0.4, 0.5) is 23.1 Å². The normalized spacial score (nSPS) is 10.6. The first-order valence-corrected chi connectivity index (χ1v) is 9.42. The molecule has 0 atom stereocenters. The van der Waals surface area contributed by atoms with Crippen LogP contribution in [-0.2, 0) is 0 Å². The molecule has 0 fully saturated rings. The van der Waals surface area contributed by atoms with Crippen LogP contribution in [-0.4, -0.2) is 22.7 Å². The van der Waals surface area contributed by atoms with Crippen molar-refractivity contribution in [1.29, 1.82) is 0 Å². The maximum atomic E-state index is 5.87. The van der Waals surface area contributed by atoms with Crippen molar-refractivity contribution in [2.75, 3.05) is 17.2 Å². The second-order valence-corrected chi connectivity index (χ2v) is 6.56. The van der Waals surface area contributed by atoms with Gasteiger partial charge < -0.3 is 20.1 Å². The van der Waals surface area contributed by atoms with E-state index >= 15 is 0 Å². The minimum atomic E-state index is 0.0775. The maximum Gasteiger partial charge on any atom is 0.229 e. The minimum absolute atomic E-state index is 0.0775. The van der Waals surface area contributed by atoms with Gasteiger partial charge >= 0.3 is 0 Å². The minimum Gasteiger partial charge on any atom is -0.492 e. The molecule has 3 aromatic rings. The molecule has 0 unspecified atom stereocenters. The fourth-order valence-electron chi connectivity index (χ4n) is 2.72. The van der Waals surface area contributed by atoms with E-state index in [-0.39, 0.29) is 6.10 Å². The monoisotopic (exact) mass is 378 g/mol. The molecule has 1 aromatic heterocycles. The molecule has 3 rings (SSSR count). The summed E-state index contributed by atoms with van der Waals surface area (Å²) < 4.78 is 11.5. The van der Waals surface area contributed by atoms with E-state index in [1.807, 2.05) is 82.3 Å². The quantitative estimate of drug-likeness (QED) is 0.543. The average Bonchev–Trinajstić information content (AvgIpc) is 2.64. The average molecular weight is 378 g/mol. The number of rotatable bonds is 8. The Morgan fingerprint density at radius 2 is 1.54 bits per heavy atom. The SMILES string of the molecule is CCOc1ccccc1Nc1cc(C)nc(Nc2ccccc2OC(C)C)n1. The molecular formula is C22H26N4O2. The predicted octanol–water partition coefficient (Wildman–Crippen LogP) is 5.46. The van der Waals surface area contributed by atoms with Crippen molar-refractivity contribution in [2.24, 2.45) is 0 Å². The smallest absolute Gasteiger partial charge is 0.229 e. The Bertz CT molecular complexity index is 928. The van der Waals surface area contributed by atoms with E-state index in [9.17, 15) is 0 Å². The number of aromatic nitrogens is 2. The molecule has 0 amide bonds. The summed E-state index contributed by atoms with van der Waals surface area (Å²) in [6.07, 6.45) is 0.0775. The zero-order chi connectivity index (χ0) is 19.9. The molecule has 1 heterocycles. The third-order valence-electron chi connectivity index (χ3n) is 3.80. The number of anilines is 4. The number of ether oxygens (including phenoxy) is 2. The summed E-state index contributed by atoms with van der Waals surface area (Å²) in [5.41, 5.74) is 2.52. The van der Waals surface area contributed by atoms with Gasteiger partial charge in [0.05, 0.1) is 24.1 Å². The van der Waals surface area contributed by atoms with Crippen molar-refractivity contribution in [3.63, 3.8) is 0 Å². The Hall–Kier alpha value is -3.28. The van der Waals surface area contributed by atoms with Crippen LogP contribution in [0.3, 0.4) is 0 Å². The summed E-state index contributed by atoms with van der Waals surface area (Å²) in [6.45, 7) is 8.49. The molecule has 0 aliphatic heterocycles. The van der Waals surface area contributed by atoms with Crippen LogP contribution in [0.2, 0.25) is 0 Å². The topological polar surface area (TPSA) is 68.3 Å². The Morgan fingerprint density at radius 3 is 2.21 bits per heavy atom. The van der Waals surface area contributed by atoms with Crippen LogP contribution >= 0.6 is 0 Å². The number of hydrogen-bond acceptors (Lipinski definition) is 6. The second-order valence-electron chi connectivity index (χ2n) is 6.56. The van der Waals surface area contributed by atoms with Crippen molar-refractivity contribution in [1.82, 2.24) is 9.97 Å². The predicted molar refractivity (Wildman–Crippen MR) is 113 cm³/mol. The number of aryl methyl sites for hydroxylation is 1. The van der Waals surface area contributed by atoms with E-state index in [0.29, 0.717) is 18.4 Å². The van der Waals surface area contributed by atoms with Crippen LogP contribution in [0.15, 0.2) is 54.6 Å². The van der Waals surface area contributed by atoms with E-state index in [1.54, 1.807) is 0 Å². The molecule has 0 aliphatic rings. The van der Waals surface area contributed by atoms with Crippen LogP contribution in [0.1, 0.15) is 26.5 Å². The zero-order valence-corrected chi connectivity index (χ0v) is 16.7. The molecule has 28 heavy (non-hydrogen) atoms. The molecule has 146 valence electrons. The summed E-state index contributed by atoms with van der Waals surface area (Å²) in [4.78, 5) is 9.10. The summed E-state index contributed by atoms with van der Waals surface area (Å²) in [7, 11) is 0. The van der Waals surface area contributed by atoms with Gasteiger partial charge in [0.15, 0.2) is 0 Å². The van der Waals surface area contributed by atoms with Gasteiger partial charge in [0, 0.05) is 11.8 Å². The highest BCUT2D eigenvalue weighted by Crippen LogP contribution is 2.29. The van der Waals surface area contributed by atoms with Crippen molar-refractivity contribution < 1.29 is 9.47 Å². The first kappa shape index (κ1) is 19.5. The molecule has 2 aromatic carbocycles. The summed E-state index contributed by atoms with van der Waals surface area (Å²) >= 11 is 0. The van der Waals surface area contributed by atoms with Gasteiger partial charge in [-0.15, -0.1) is 0 Å². The van der Waals surface area contributed by atoms with Crippen molar-refractivity contribution in [3.05, 3.63) is 60.3 Å². The number of para-hydroxylation sites is 4. The molecule has 6 heteroatoms. The number of hydrogen-bond donors (Lipinski definition) is 2. The zero-order valence-electron chi connectivity index (χ0n) is 16.7. The number of nitrogens with one attached hydrogen (secondary N) is 2. The number of benzene rings is 2. The highest BCUT2D eigenvalue weighted by atomic mass is 16.5. The van der Waals surface area contributed by atoms with Crippen LogP contribution < -0.4 is 20.1 Å². The van der Waals surface area contributed by atoms with Gasteiger partial charge in [-0.25, -0.2) is 4.98 Å². The first-order chi connectivity index (χ1) is 13.5. The Morgan fingerprint density at radius 1 is 0.893 bits per heavy atom. The molecule has 0 saturated carbocycles. The fourth-order valence-corrected chi connectivity index (χ4v) is 2.72. The Kier molecular flexibility index (Phi) is 6.32. The summed E-state index contributed by atoms with van der Waals surface area (Å²) in [5, 5.41) is 6.59. The van der Waals surface area contributed by atoms with E-state index in [1.165, 1.54) is 0 Å². The van der Waals surface area contributed by atoms with Gasteiger partial charge in [-0.1, -0.05) is 24.3 Å². The molecule has 0 radical (unpaired) electrons. The van der Waals surface area contributed by atoms with E-state index < -0.39 is 0 Å². The molecule has 0 bridgehead atoms. The second kappa shape index (κ2) is 9.08. The van der Waals surface area contributed by atoms with Gasteiger partial charge in [0.2, 0.25) is 5.95 Å². The molecule has 0 aliphatic carbocycles. The van der Waals surface area contributed by atoms with Crippen LogP contribution in [0.5, 0.6) is 11.5 Å². The van der Waals surface area contributed by atoms with E-state index in [2.05, 4.69) is 20.6 Å². The van der Waals surface area contributed by atoms with Gasteiger partial charge in [-0.2, -0.15) is 4.98 Å². The highest BCUT2D eigenvalue weighted by molar-refractivity contribution is 5.67.